The van der Waals surface area contributed by atoms with Gasteiger partial charge in [0.05, 0.1) is 16.7 Å². The fourth-order valence-electron chi connectivity index (χ4n) is 2.20. The SMILES string of the molecule is CNC1CCCN(CCc2csc(C)n2)C1=O. The highest BCUT2D eigenvalue weighted by molar-refractivity contribution is 7.09. The number of thiazole rings is 1. The van der Waals surface area contributed by atoms with Crippen LogP contribution >= 0.6 is 11.3 Å². The van der Waals surface area contributed by atoms with Crippen LogP contribution in [0.3, 0.4) is 0 Å². The predicted molar refractivity (Wildman–Crippen MR) is 69.2 cm³/mol. The second kappa shape index (κ2) is 5.60. The van der Waals surface area contributed by atoms with Crippen LogP contribution in [-0.4, -0.2) is 42.0 Å². The molecule has 2 rings (SSSR count). The summed E-state index contributed by atoms with van der Waals surface area (Å²) in [5.74, 6) is 0.241. The molecule has 2 heterocycles. The van der Waals surface area contributed by atoms with Crippen LogP contribution in [0.5, 0.6) is 0 Å². The molecular weight excluding hydrogens is 234 g/mol. The van der Waals surface area contributed by atoms with Crippen molar-refractivity contribution in [3.05, 3.63) is 16.1 Å². The Morgan fingerprint density at radius 3 is 3.12 bits per heavy atom. The third kappa shape index (κ3) is 3.04. The number of piperidine rings is 1. The van der Waals surface area contributed by atoms with Gasteiger partial charge in [0.25, 0.3) is 0 Å². The topological polar surface area (TPSA) is 45.2 Å². The van der Waals surface area contributed by atoms with Crippen molar-refractivity contribution in [1.82, 2.24) is 15.2 Å². The van der Waals surface area contributed by atoms with Crippen LogP contribution in [0, 0.1) is 6.92 Å². The summed E-state index contributed by atoms with van der Waals surface area (Å²) in [6.45, 7) is 3.69. The molecule has 0 aliphatic carbocycles. The Hall–Kier alpha value is -0.940. The van der Waals surface area contributed by atoms with E-state index in [2.05, 4.69) is 15.7 Å². The summed E-state index contributed by atoms with van der Waals surface area (Å²) >= 11 is 1.67. The summed E-state index contributed by atoms with van der Waals surface area (Å²) in [5.41, 5.74) is 1.10. The Bertz CT molecular complexity index is 391. The molecule has 17 heavy (non-hydrogen) atoms. The smallest absolute Gasteiger partial charge is 0.239 e. The molecule has 94 valence electrons. The fraction of sp³-hybridized carbons (Fsp3) is 0.667. The van der Waals surface area contributed by atoms with Crippen molar-refractivity contribution in [3.8, 4) is 0 Å². The van der Waals surface area contributed by atoms with Gasteiger partial charge in [-0.05, 0) is 26.8 Å². The lowest BCUT2D eigenvalue weighted by molar-refractivity contribution is -0.135. The molecular formula is C12H19N3OS. The number of amides is 1. The minimum absolute atomic E-state index is 0.0147. The van der Waals surface area contributed by atoms with E-state index in [1.54, 1.807) is 11.3 Å². The molecule has 0 saturated carbocycles. The highest BCUT2D eigenvalue weighted by Gasteiger charge is 2.26. The number of nitrogens with zero attached hydrogens (tertiary/aromatic N) is 2. The molecule has 1 atom stereocenters. The summed E-state index contributed by atoms with van der Waals surface area (Å²) in [5, 5.41) is 6.26. The van der Waals surface area contributed by atoms with Crippen LogP contribution in [0.4, 0.5) is 0 Å². The Balaban J connectivity index is 1.88. The zero-order chi connectivity index (χ0) is 12.3. The molecule has 0 spiro atoms. The first kappa shape index (κ1) is 12.5. The maximum absolute atomic E-state index is 12.0. The molecule has 0 aromatic carbocycles. The quantitative estimate of drug-likeness (QED) is 0.877. The molecule has 0 radical (unpaired) electrons. The number of rotatable bonds is 4. The Labute approximate surface area is 106 Å². The number of hydrogen-bond acceptors (Lipinski definition) is 4. The lowest BCUT2D eigenvalue weighted by atomic mass is 10.0. The van der Waals surface area contributed by atoms with Crippen LogP contribution in [-0.2, 0) is 11.2 Å². The third-order valence-electron chi connectivity index (χ3n) is 3.18. The first-order valence-electron chi connectivity index (χ1n) is 6.08. The van der Waals surface area contributed by atoms with Crippen LogP contribution in [0.1, 0.15) is 23.5 Å². The minimum Gasteiger partial charge on any atom is -0.341 e. The summed E-state index contributed by atoms with van der Waals surface area (Å²) in [7, 11) is 1.86. The Morgan fingerprint density at radius 1 is 1.65 bits per heavy atom. The third-order valence-corrected chi connectivity index (χ3v) is 4.01. The fourth-order valence-corrected chi connectivity index (χ4v) is 2.85. The standard InChI is InChI=1S/C12H19N3OS/c1-9-14-10(8-17-9)5-7-15-6-3-4-11(13-2)12(15)16/h8,11,13H,3-7H2,1-2H3. The minimum atomic E-state index is 0.0147. The highest BCUT2D eigenvalue weighted by atomic mass is 32.1. The van der Waals surface area contributed by atoms with E-state index in [1.807, 2.05) is 18.9 Å². The molecule has 1 fully saturated rings. The summed E-state index contributed by atoms with van der Waals surface area (Å²) < 4.78 is 0. The largest absolute Gasteiger partial charge is 0.341 e. The molecule has 1 aromatic heterocycles. The van der Waals surface area contributed by atoms with Crippen molar-refractivity contribution in [2.24, 2.45) is 0 Å². The highest BCUT2D eigenvalue weighted by Crippen LogP contribution is 2.13. The van der Waals surface area contributed by atoms with Gasteiger partial charge in [0.15, 0.2) is 0 Å². The summed E-state index contributed by atoms with van der Waals surface area (Å²) in [6.07, 6.45) is 2.92. The number of likely N-dealkylation sites (N-methyl/N-ethyl adjacent to an activating group) is 1. The van der Waals surface area contributed by atoms with E-state index >= 15 is 0 Å². The van der Waals surface area contributed by atoms with Gasteiger partial charge in [-0.3, -0.25) is 4.79 Å². The zero-order valence-electron chi connectivity index (χ0n) is 10.4. The average Bonchev–Trinajstić information content (AvgIpc) is 2.74. The predicted octanol–water partition coefficient (Wildman–Crippen LogP) is 1.20. The van der Waals surface area contributed by atoms with Gasteiger partial charge in [0, 0.05) is 24.9 Å². The first-order valence-corrected chi connectivity index (χ1v) is 6.95. The van der Waals surface area contributed by atoms with Crippen LogP contribution in [0.25, 0.3) is 0 Å². The molecule has 1 unspecified atom stereocenters. The van der Waals surface area contributed by atoms with E-state index < -0.39 is 0 Å². The lowest BCUT2D eigenvalue weighted by Crippen LogP contribution is -2.50. The number of carbonyl (C=O) groups excluding carboxylic acids is 1. The zero-order valence-corrected chi connectivity index (χ0v) is 11.2. The number of aromatic nitrogens is 1. The molecule has 5 heteroatoms. The van der Waals surface area contributed by atoms with Crippen molar-refractivity contribution in [2.75, 3.05) is 20.1 Å². The van der Waals surface area contributed by atoms with Crippen molar-refractivity contribution in [2.45, 2.75) is 32.2 Å². The van der Waals surface area contributed by atoms with Crippen LogP contribution < -0.4 is 5.32 Å². The molecule has 1 N–H and O–H groups in total. The number of nitrogens with one attached hydrogen (secondary N) is 1. The van der Waals surface area contributed by atoms with E-state index in [0.29, 0.717) is 0 Å². The van der Waals surface area contributed by atoms with E-state index in [0.717, 1.165) is 43.1 Å². The number of likely N-dealkylation sites (tertiary alicyclic amines) is 1. The van der Waals surface area contributed by atoms with Gasteiger partial charge < -0.3 is 10.2 Å². The maximum atomic E-state index is 12.0. The van der Waals surface area contributed by atoms with Crippen molar-refractivity contribution in [3.63, 3.8) is 0 Å². The molecule has 1 aromatic rings. The Kier molecular flexibility index (Phi) is 4.12. The Morgan fingerprint density at radius 2 is 2.47 bits per heavy atom. The second-order valence-electron chi connectivity index (χ2n) is 4.42. The monoisotopic (exact) mass is 253 g/mol. The maximum Gasteiger partial charge on any atom is 0.239 e. The molecule has 1 amide bonds. The molecule has 1 aliphatic rings. The lowest BCUT2D eigenvalue weighted by Gasteiger charge is -2.31. The summed E-state index contributed by atoms with van der Waals surface area (Å²) in [4.78, 5) is 18.4. The van der Waals surface area contributed by atoms with Gasteiger partial charge in [0.1, 0.15) is 0 Å². The van der Waals surface area contributed by atoms with Gasteiger partial charge in [-0.1, -0.05) is 0 Å². The molecule has 1 aliphatic heterocycles. The van der Waals surface area contributed by atoms with Gasteiger partial charge in [-0.2, -0.15) is 0 Å². The van der Waals surface area contributed by atoms with Crippen LogP contribution in [0.2, 0.25) is 0 Å². The van der Waals surface area contributed by atoms with E-state index in [4.69, 9.17) is 0 Å². The van der Waals surface area contributed by atoms with Gasteiger partial charge in [0.2, 0.25) is 5.91 Å². The molecule has 0 bridgehead atoms. The van der Waals surface area contributed by atoms with E-state index in [1.165, 1.54) is 0 Å². The number of hydrogen-bond donors (Lipinski definition) is 1. The van der Waals surface area contributed by atoms with Crippen LogP contribution in [0.15, 0.2) is 5.38 Å². The number of carbonyl (C=O) groups is 1. The average molecular weight is 253 g/mol. The van der Waals surface area contributed by atoms with Gasteiger partial charge >= 0.3 is 0 Å². The van der Waals surface area contributed by atoms with E-state index in [-0.39, 0.29) is 11.9 Å². The van der Waals surface area contributed by atoms with Crippen molar-refractivity contribution < 1.29 is 4.79 Å². The molecule has 1 saturated heterocycles. The van der Waals surface area contributed by atoms with E-state index in [9.17, 15) is 4.79 Å². The van der Waals surface area contributed by atoms with Gasteiger partial charge in [-0.15, -0.1) is 11.3 Å². The van der Waals surface area contributed by atoms with Crippen molar-refractivity contribution in [1.29, 1.82) is 0 Å². The number of aryl methyl sites for hydroxylation is 1. The van der Waals surface area contributed by atoms with Gasteiger partial charge in [-0.25, -0.2) is 4.98 Å². The molecule has 4 nitrogen and oxygen atoms in total. The summed E-state index contributed by atoms with van der Waals surface area (Å²) in [6, 6.07) is 0.0147. The first-order chi connectivity index (χ1) is 8.20. The van der Waals surface area contributed by atoms with Crippen molar-refractivity contribution >= 4 is 17.2 Å². The normalized spacial score (nSPS) is 20.9. The second-order valence-corrected chi connectivity index (χ2v) is 5.48.